The highest BCUT2D eigenvalue weighted by atomic mass is 16.5. The number of piperazine rings is 1. The Bertz CT molecular complexity index is 387. The Morgan fingerprint density at radius 3 is 2.68 bits per heavy atom. The maximum atomic E-state index is 5.82. The second kappa shape index (κ2) is 6.73. The third-order valence-electron chi connectivity index (χ3n) is 3.87. The van der Waals surface area contributed by atoms with Crippen LogP contribution in [0.15, 0.2) is 18.3 Å². The molecule has 2 N–H and O–H groups in total. The first-order valence-corrected chi connectivity index (χ1v) is 6.97. The predicted octanol–water partition coefficient (Wildman–Crippen LogP) is 0.949. The molecule has 19 heavy (non-hydrogen) atoms. The minimum atomic E-state index is 0.522. The number of hydrogen-bond donors (Lipinski definition) is 1. The summed E-state index contributed by atoms with van der Waals surface area (Å²) >= 11 is 0. The second-order valence-corrected chi connectivity index (χ2v) is 4.88. The molecule has 1 saturated heterocycles. The van der Waals surface area contributed by atoms with Crippen LogP contribution in [0.2, 0.25) is 0 Å². The van der Waals surface area contributed by atoms with Gasteiger partial charge in [-0.2, -0.15) is 0 Å². The lowest BCUT2D eigenvalue weighted by Crippen LogP contribution is -2.52. The molecule has 1 aliphatic heterocycles. The number of nitrogens with two attached hydrogens (primary N) is 1. The zero-order valence-corrected chi connectivity index (χ0v) is 11.9. The van der Waals surface area contributed by atoms with E-state index >= 15 is 0 Å². The van der Waals surface area contributed by atoms with Gasteiger partial charge in [0.25, 0.3) is 0 Å². The minimum absolute atomic E-state index is 0.522. The van der Waals surface area contributed by atoms with Crippen LogP contribution in [0.25, 0.3) is 0 Å². The van der Waals surface area contributed by atoms with Crippen molar-refractivity contribution in [2.75, 3.05) is 44.7 Å². The molecule has 0 amide bonds. The highest BCUT2D eigenvalue weighted by Crippen LogP contribution is 2.20. The number of methoxy groups -OCH3 is 1. The molecule has 5 heteroatoms. The van der Waals surface area contributed by atoms with Gasteiger partial charge in [-0.15, -0.1) is 0 Å². The zero-order valence-electron chi connectivity index (χ0n) is 11.9. The molecular weight excluding hydrogens is 240 g/mol. The van der Waals surface area contributed by atoms with Gasteiger partial charge in [-0.3, -0.25) is 4.90 Å². The number of rotatable bonds is 5. The number of anilines is 1. The number of nitrogens with zero attached hydrogens (tertiary/aromatic N) is 3. The monoisotopic (exact) mass is 264 g/mol. The van der Waals surface area contributed by atoms with Crippen LogP contribution in [0.5, 0.6) is 5.88 Å². The van der Waals surface area contributed by atoms with Gasteiger partial charge in [-0.05, 0) is 12.5 Å². The lowest BCUT2D eigenvalue weighted by Gasteiger charge is -2.39. The molecule has 1 fully saturated rings. The number of pyridine rings is 1. The van der Waals surface area contributed by atoms with Crippen molar-refractivity contribution in [3.63, 3.8) is 0 Å². The van der Waals surface area contributed by atoms with Gasteiger partial charge in [-0.25, -0.2) is 4.98 Å². The van der Waals surface area contributed by atoms with Crippen molar-refractivity contribution in [1.82, 2.24) is 9.88 Å². The SMILES string of the molecule is CCC(CN)N1CCN(c2ccnc(OC)c2)CC1. The summed E-state index contributed by atoms with van der Waals surface area (Å²) in [5, 5.41) is 0. The van der Waals surface area contributed by atoms with Crippen molar-refractivity contribution < 1.29 is 4.74 Å². The molecule has 0 radical (unpaired) electrons. The topological polar surface area (TPSA) is 54.6 Å². The molecule has 1 atom stereocenters. The summed E-state index contributed by atoms with van der Waals surface area (Å²) in [6.07, 6.45) is 2.93. The minimum Gasteiger partial charge on any atom is -0.481 e. The van der Waals surface area contributed by atoms with E-state index in [9.17, 15) is 0 Å². The fraction of sp³-hybridized carbons (Fsp3) is 0.643. The quantitative estimate of drug-likeness (QED) is 0.858. The van der Waals surface area contributed by atoms with Crippen LogP contribution in [0.4, 0.5) is 5.69 Å². The first-order valence-electron chi connectivity index (χ1n) is 6.97. The van der Waals surface area contributed by atoms with Gasteiger partial charge < -0.3 is 15.4 Å². The Kier molecular flexibility index (Phi) is 4.99. The zero-order chi connectivity index (χ0) is 13.7. The molecule has 0 aromatic carbocycles. The Balaban J connectivity index is 1.95. The van der Waals surface area contributed by atoms with Gasteiger partial charge in [0.15, 0.2) is 0 Å². The standard InChI is InChI=1S/C14H24N4O/c1-3-12(11-15)17-6-8-18(9-7-17)13-4-5-16-14(10-13)19-2/h4-5,10,12H,3,6-9,11,15H2,1-2H3. The average molecular weight is 264 g/mol. The van der Waals surface area contributed by atoms with Gasteiger partial charge in [0.05, 0.1) is 7.11 Å². The van der Waals surface area contributed by atoms with Crippen molar-refractivity contribution in [2.24, 2.45) is 5.73 Å². The third-order valence-corrected chi connectivity index (χ3v) is 3.87. The number of aromatic nitrogens is 1. The second-order valence-electron chi connectivity index (χ2n) is 4.88. The highest BCUT2D eigenvalue weighted by molar-refractivity contribution is 5.48. The van der Waals surface area contributed by atoms with E-state index in [1.54, 1.807) is 13.3 Å². The van der Waals surface area contributed by atoms with Gasteiger partial charge in [0, 0.05) is 56.7 Å². The molecule has 2 heterocycles. The van der Waals surface area contributed by atoms with Crippen molar-refractivity contribution in [3.8, 4) is 5.88 Å². The van der Waals surface area contributed by atoms with E-state index in [0.29, 0.717) is 11.9 Å². The summed E-state index contributed by atoms with van der Waals surface area (Å²) in [6.45, 7) is 7.16. The van der Waals surface area contributed by atoms with E-state index in [1.807, 2.05) is 12.1 Å². The highest BCUT2D eigenvalue weighted by Gasteiger charge is 2.22. The van der Waals surface area contributed by atoms with Crippen LogP contribution >= 0.6 is 0 Å². The predicted molar refractivity (Wildman–Crippen MR) is 77.7 cm³/mol. The van der Waals surface area contributed by atoms with E-state index in [-0.39, 0.29) is 0 Å². The van der Waals surface area contributed by atoms with Crippen molar-refractivity contribution >= 4 is 5.69 Å². The molecular formula is C14H24N4O. The average Bonchev–Trinajstić information content (AvgIpc) is 2.49. The molecule has 1 unspecified atom stereocenters. The molecule has 1 aromatic rings. The molecule has 2 rings (SSSR count). The molecule has 0 spiro atoms. The van der Waals surface area contributed by atoms with Crippen LogP contribution in [-0.4, -0.2) is 55.8 Å². The molecule has 0 bridgehead atoms. The van der Waals surface area contributed by atoms with Crippen LogP contribution in [-0.2, 0) is 0 Å². The Labute approximate surface area is 115 Å². The molecule has 0 aliphatic carbocycles. The van der Waals surface area contributed by atoms with Crippen molar-refractivity contribution in [3.05, 3.63) is 18.3 Å². The lowest BCUT2D eigenvalue weighted by atomic mass is 10.1. The number of hydrogen-bond acceptors (Lipinski definition) is 5. The molecule has 0 saturated carbocycles. The van der Waals surface area contributed by atoms with E-state index in [1.165, 1.54) is 5.69 Å². The molecule has 5 nitrogen and oxygen atoms in total. The van der Waals surface area contributed by atoms with Gasteiger partial charge in [0.2, 0.25) is 5.88 Å². The normalized spacial score (nSPS) is 18.4. The third kappa shape index (κ3) is 3.36. The van der Waals surface area contributed by atoms with E-state index < -0.39 is 0 Å². The summed E-state index contributed by atoms with van der Waals surface area (Å²) in [6, 6.07) is 4.56. The van der Waals surface area contributed by atoms with Crippen LogP contribution in [0.1, 0.15) is 13.3 Å². The van der Waals surface area contributed by atoms with Crippen LogP contribution in [0, 0.1) is 0 Å². The summed E-state index contributed by atoms with van der Waals surface area (Å²) in [5.74, 6) is 0.674. The van der Waals surface area contributed by atoms with E-state index in [0.717, 1.165) is 39.1 Å². The van der Waals surface area contributed by atoms with Crippen LogP contribution in [0.3, 0.4) is 0 Å². The smallest absolute Gasteiger partial charge is 0.214 e. The molecule has 106 valence electrons. The van der Waals surface area contributed by atoms with Crippen molar-refractivity contribution in [2.45, 2.75) is 19.4 Å². The van der Waals surface area contributed by atoms with E-state index in [4.69, 9.17) is 10.5 Å². The molecule has 1 aliphatic rings. The summed E-state index contributed by atoms with van der Waals surface area (Å²) in [5.41, 5.74) is 7.01. The van der Waals surface area contributed by atoms with Gasteiger partial charge in [-0.1, -0.05) is 6.92 Å². The lowest BCUT2D eigenvalue weighted by molar-refractivity contribution is 0.184. The van der Waals surface area contributed by atoms with Crippen LogP contribution < -0.4 is 15.4 Å². The first kappa shape index (κ1) is 14.1. The first-order chi connectivity index (χ1) is 9.28. The maximum Gasteiger partial charge on any atom is 0.214 e. The summed E-state index contributed by atoms with van der Waals surface area (Å²) in [4.78, 5) is 9.02. The van der Waals surface area contributed by atoms with Gasteiger partial charge in [0.1, 0.15) is 0 Å². The van der Waals surface area contributed by atoms with Gasteiger partial charge >= 0.3 is 0 Å². The Hall–Kier alpha value is -1.33. The molecule has 1 aromatic heterocycles. The summed E-state index contributed by atoms with van der Waals surface area (Å²) < 4.78 is 5.18. The van der Waals surface area contributed by atoms with E-state index in [2.05, 4.69) is 21.7 Å². The Morgan fingerprint density at radius 1 is 1.37 bits per heavy atom. The maximum absolute atomic E-state index is 5.82. The fourth-order valence-corrected chi connectivity index (χ4v) is 2.63. The largest absolute Gasteiger partial charge is 0.481 e. The number of ether oxygens (including phenoxy) is 1. The Morgan fingerprint density at radius 2 is 2.11 bits per heavy atom. The fourth-order valence-electron chi connectivity index (χ4n) is 2.63. The van der Waals surface area contributed by atoms with Crippen molar-refractivity contribution in [1.29, 1.82) is 0 Å². The summed E-state index contributed by atoms with van der Waals surface area (Å²) in [7, 11) is 1.65.